The van der Waals surface area contributed by atoms with Gasteiger partial charge in [0.15, 0.2) is 0 Å². The molecule has 77 heavy (non-hydrogen) atoms. The van der Waals surface area contributed by atoms with Gasteiger partial charge in [-0.15, -0.1) is 18.8 Å². The van der Waals surface area contributed by atoms with Crippen molar-refractivity contribution in [2.45, 2.75) is 56.7 Å². The highest BCUT2D eigenvalue weighted by Gasteiger charge is 2.28. The van der Waals surface area contributed by atoms with Gasteiger partial charge < -0.3 is 14.2 Å². The molecule has 3 unspecified atom stereocenters. The first-order valence-electron chi connectivity index (χ1n) is 24.7. The fourth-order valence-corrected chi connectivity index (χ4v) is 9.79. The van der Waals surface area contributed by atoms with Gasteiger partial charge in [-0.3, -0.25) is 28.1 Å². The van der Waals surface area contributed by atoms with Crippen LogP contribution < -0.4 is 16.7 Å². The third-order valence-corrected chi connectivity index (χ3v) is 13.5. The van der Waals surface area contributed by atoms with Crippen LogP contribution in [0, 0.1) is 36.0 Å². The minimum Gasteiger partial charge on any atom is -0.383 e. The van der Waals surface area contributed by atoms with Gasteiger partial charge >= 0.3 is 0 Å². The maximum Gasteiger partial charge on any atom is 0.261 e. The van der Waals surface area contributed by atoms with Crippen molar-refractivity contribution in [2.75, 3.05) is 41.2 Å². The molecule has 17 heteroatoms. The van der Waals surface area contributed by atoms with Crippen LogP contribution in [0.1, 0.15) is 83.1 Å². The van der Waals surface area contributed by atoms with Crippen LogP contribution in [0.5, 0.6) is 0 Å². The fraction of sp³-hybridized carbons (Fsp3) is 0.250. The fourth-order valence-electron chi connectivity index (χ4n) is 9.44. The number of aromatic nitrogens is 9. The SMILES string of the molecule is C#Cc1ccccn1.COCC1CCc2nc3cc(Br)ccc3c(=O)n21.COCC1CCc2nc3cc(C#Cc4ccccn4)ccc3c(=O)n21.COCC1CCc2nc3cc(C#Cc4ccccn4)ccc3c(=O)n21.Cl. The van der Waals surface area contributed by atoms with Gasteiger partial charge in [0.05, 0.1) is 70.7 Å². The lowest BCUT2D eigenvalue weighted by Crippen LogP contribution is -2.26. The van der Waals surface area contributed by atoms with E-state index in [1.165, 1.54) is 0 Å². The topological polar surface area (TPSA) is 171 Å². The number of fused-ring (bicyclic) bond motifs is 6. The molecule has 9 heterocycles. The number of hydrogen-bond donors (Lipinski definition) is 0. The van der Waals surface area contributed by atoms with Crippen LogP contribution in [0.25, 0.3) is 32.7 Å². The molecule has 15 nitrogen and oxygen atoms in total. The van der Waals surface area contributed by atoms with Crippen molar-refractivity contribution in [3.63, 3.8) is 0 Å². The van der Waals surface area contributed by atoms with E-state index < -0.39 is 0 Å². The van der Waals surface area contributed by atoms with Crippen LogP contribution in [-0.4, -0.2) is 84.8 Å². The molecule has 0 radical (unpaired) electrons. The molecule has 0 amide bonds. The van der Waals surface area contributed by atoms with E-state index in [2.05, 4.69) is 75.4 Å². The van der Waals surface area contributed by atoms with Gasteiger partial charge in [-0.05, 0) is 122 Å². The summed E-state index contributed by atoms with van der Waals surface area (Å²) in [5.41, 5.74) is 5.96. The van der Waals surface area contributed by atoms with Crippen molar-refractivity contribution >= 4 is 61.0 Å². The molecule has 12 rings (SSSR count). The molecule has 0 bridgehead atoms. The summed E-state index contributed by atoms with van der Waals surface area (Å²) >= 11 is 3.41. The first-order chi connectivity index (χ1) is 37.2. The summed E-state index contributed by atoms with van der Waals surface area (Å²) in [5.74, 6) is 17.2. The highest BCUT2D eigenvalue weighted by molar-refractivity contribution is 9.10. The Kier molecular flexibility index (Phi) is 18.7. The lowest BCUT2D eigenvalue weighted by molar-refractivity contribution is 0.157. The summed E-state index contributed by atoms with van der Waals surface area (Å²) in [4.78, 5) is 64.3. The zero-order valence-electron chi connectivity index (χ0n) is 42.6. The first kappa shape index (κ1) is 55.1. The smallest absolute Gasteiger partial charge is 0.261 e. The van der Waals surface area contributed by atoms with E-state index >= 15 is 0 Å². The molecule has 0 saturated heterocycles. The number of halogens is 2. The number of rotatable bonds is 6. The van der Waals surface area contributed by atoms with Crippen LogP contribution in [-0.2, 0) is 33.5 Å². The van der Waals surface area contributed by atoms with E-state index in [9.17, 15) is 14.4 Å². The highest BCUT2D eigenvalue weighted by Crippen LogP contribution is 2.27. The van der Waals surface area contributed by atoms with Gasteiger partial charge in [0.25, 0.3) is 16.7 Å². The number of aryl methyl sites for hydroxylation is 3. The van der Waals surface area contributed by atoms with Crippen molar-refractivity contribution < 1.29 is 14.2 Å². The van der Waals surface area contributed by atoms with Crippen molar-refractivity contribution in [3.05, 3.63) is 209 Å². The minimum absolute atomic E-state index is 0. The normalized spacial score (nSPS) is 15.2. The predicted octanol–water partition coefficient (Wildman–Crippen LogP) is 8.43. The van der Waals surface area contributed by atoms with Gasteiger partial charge in [0, 0.05) is 74.8 Å². The van der Waals surface area contributed by atoms with Crippen molar-refractivity contribution in [3.8, 4) is 36.0 Å². The molecule has 388 valence electrons. The maximum atomic E-state index is 12.8. The molecular formula is C60H53BrClN9O6. The summed E-state index contributed by atoms with van der Waals surface area (Å²) < 4.78 is 21.9. The Hall–Kier alpha value is -8.14. The largest absolute Gasteiger partial charge is 0.383 e. The Morgan fingerprint density at radius 3 is 1.21 bits per heavy atom. The Morgan fingerprint density at radius 2 is 0.870 bits per heavy atom. The number of pyridine rings is 3. The van der Waals surface area contributed by atoms with E-state index in [-0.39, 0.29) is 47.2 Å². The Balaban J connectivity index is 0.000000143. The summed E-state index contributed by atoms with van der Waals surface area (Å²) in [7, 11) is 4.97. The minimum atomic E-state index is 0. The summed E-state index contributed by atoms with van der Waals surface area (Å²) in [5, 5.41) is 1.91. The molecule has 0 fully saturated rings. The molecular weight excluding hydrogens is 1060 g/mol. The predicted molar refractivity (Wildman–Crippen MR) is 303 cm³/mol. The Labute approximate surface area is 459 Å². The average molecular weight is 1110 g/mol. The third kappa shape index (κ3) is 12.9. The van der Waals surface area contributed by atoms with Crippen LogP contribution in [0.3, 0.4) is 0 Å². The number of ether oxygens (including phenoxy) is 3. The molecule has 9 aromatic rings. The van der Waals surface area contributed by atoms with Gasteiger partial charge in [-0.2, -0.15) is 0 Å². The Morgan fingerprint density at radius 1 is 0.506 bits per heavy atom. The van der Waals surface area contributed by atoms with E-state index in [1.807, 2.05) is 103 Å². The van der Waals surface area contributed by atoms with Gasteiger partial charge in [-0.1, -0.05) is 51.9 Å². The van der Waals surface area contributed by atoms with E-state index in [4.69, 9.17) is 20.6 Å². The molecule has 3 aromatic carbocycles. The van der Waals surface area contributed by atoms with Crippen LogP contribution >= 0.6 is 28.3 Å². The van der Waals surface area contributed by atoms with Gasteiger partial charge in [0.2, 0.25) is 0 Å². The zero-order chi connectivity index (χ0) is 53.0. The third-order valence-electron chi connectivity index (χ3n) is 13.0. The van der Waals surface area contributed by atoms with Crippen LogP contribution in [0.15, 0.2) is 147 Å². The second-order valence-corrected chi connectivity index (χ2v) is 18.9. The molecule has 0 N–H and O–H groups in total. The van der Waals surface area contributed by atoms with Crippen molar-refractivity contribution in [1.29, 1.82) is 0 Å². The quantitative estimate of drug-likeness (QED) is 0.146. The zero-order valence-corrected chi connectivity index (χ0v) is 45.0. The second-order valence-electron chi connectivity index (χ2n) is 18.0. The number of hydrogen-bond acceptors (Lipinski definition) is 12. The number of benzene rings is 3. The number of methoxy groups -OCH3 is 3. The average Bonchev–Trinajstić information content (AvgIpc) is 4.21. The molecule has 3 aliphatic rings. The molecule has 6 aromatic heterocycles. The summed E-state index contributed by atoms with van der Waals surface area (Å²) in [6.07, 6.45) is 15.3. The van der Waals surface area contributed by atoms with E-state index in [1.54, 1.807) is 59.7 Å². The Bertz CT molecular complexity index is 3750. The maximum absolute atomic E-state index is 12.8. The van der Waals surface area contributed by atoms with Crippen LogP contribution in [0.2, 0.25) is 0 Å². The van der Waals surface area contributed by atoms with Gasteiger partial charge in [-0.25, -0.2) is 29.9 Å². The van der Waals surface area contributed by atoms with Crippen molar-refractivity contribution in [1.82, 2.24) is 43.6 Å². The van der Waals surface area contributed by atoms with Crippen molar-refractivity contribution in [2.24, 2.45) is 0 Å². The summed E-state index contributed by atoms with van der Waals surface area (Å²) in [6.45, 7) is 1.64. The standard InChI is InChI=1S/2C20H17N3O2.C13H13BrN2O2.C7H5N.ClH/c2*1-25-13-16-8-10-19-22-18-12-14(5-7-15-4-2-3-11-21-15)6-9-17(18)20(24)23(16)19;1-18-7-9-3-5-12-15-11-6-8(14)2-4-10(11)13(17)16(9)12;1-2-7-5-3-4-6-8-7;/h2*2-4,6,9,11-12,16H,8,10,13H2,1H3;2,4,6,9H,3,5,7H2,1H3;1,3-6H;1H. The lowest BCUT2D eigenvalue weighted by atomic mass is 10.1. The second kappa shape index (κ2) is 26.1. The number of nitrogens with zero attached hydrogens (tertiary/aromatic N) is 9. The number of terminal acetylenes is 1. The van der Waals surface area contributed by atoms with E-state index in [0.29, 0.717) is 64.1 Å². The highest BCUT2D eigenvalue weighted by atomic mass is 79.9. The molecule has 3 atom stereocenters. The first-order valence-corrected chi connectivity index (χ1v) is 25.5. The lowest BCUT2D eigenvalue weighted by Gasteiger charge is -2.13. The molecule has 0 aliphatic carbocycles. The van der Waals surface area contributed by atoms with E-state index in [0.717, 1.165) is 77.1 Å². The molecule has 0 saturated carbocycles. The molecule has 3 aliphatic heterocycles. The van der Waals surface area contributed by atoms with Gasteiger partial charge in [0.1, 0.15) is 34.6 Å². The molecule has 0 spiro atoms. The summed E-state index contributed by atoms with van der Waals surface area (Å²) in [6, 6.07) is 33.7. The monoisotopic (exact) mass is 1110 g/mol. The van der Waals surface area contributed by atoms with Crippen LogP contribution in [0.4, 0.5) is 0 Å².